The average molecular weight is 1110 g/mol. The number of ether oxygens (including phenoxy) is 2. The third-order valence-electron chi connectivity index (χ3n) is 17.5. The first kappa shape index (κ1) is 74.9. The number of carbonyl (C=O) groups excluding carboxylic acids is 1. The molecule has 0 saturated carbocycles. The Morgan fingerprint density at radius 2 is 0.603 bits per heavy atom. The van der Waals surface area contributed by atoms with Gasteiger partial charge >= 0.3 is 6.09 Å². The van der Waals surface area contributed by atoms with Gasteiger partial charge in [-0.15, -0.1) is 0 Å². The molecule has 13 heteroatoms. The Hall–Kier alpha value is -1.13. The molecule has 0 aromatic carbocycles. The summed E-state index contributed by atoms with van der Waals surface area (Å²) >= 11 is 0. The third kappa shape index (κ3) is 35.1. The van der Waals surface area contributed by atoms with E-state index in [1.54, 1.807) is 0 Å². The molecule has 0 aromatic heterocycles. The molecule has 0 aliphatic carbocycles. The van der Waals surface area contributed by atoms with Crippen molar-refractivity contribution in [3.8, 4) is 0 Å². The van der Waals surface area contributed by atoms with Crippen molar-refractivity contribution in [3.05, 3.63) is 0 Å². The molecule has 7 aliphatic rings. The van der Waals surface area contributed by atoms with Gasteiger partial charge in [0.15, 0.2) is 0 Å². The predicted octanol–water partition coefficient (Wildman–Crippen LogP) is 11.7. The smallest absolute Gasteiger partial charge is 0.407 e. The third-order valence-corrected chi connectivity index (χ3v) is 17.5. The highest BCUT2D eigenvalue weighted by Crippen LogP contribution is 2.20. The zero-order valence-electron chi connectivity index (χ0n) is 56.2. The number of likely N-dealkylation sites (tertiary alicyclic amines) is 5. The predicted molar refractivity (Wildman–Crippen MR) is 339 cm³/mol. The van der Waals surface area contributed by atoms with E-state index >= 15 is 0 Å². The fourth-order valence-corrected chi connectivity index (χ4v) is 11.0. The number of hydrogen-bond donors (Lipinski definition) is 2. The number of carbonyl (C=O) groups is 1. The Morgan fingerprint density at radius 1 is 0.385 bits per heavy atom. The molecule has 7 rings (SSSR count). The maximum Gasteiger partial charge on any atom is 0.407 e. The second-order valence-electron chi connectivity index (χ2n) is 28.0. The number of nitrogens with two attached hydrogens (primary N) is 1. The van der Waals surface area contributed by atoms with E-state index in [0.29, 0.717) is 24.2 Å². The highest BCUT2D eigenvalue weighted by molar-refractivity contribution is 5.68. The van der Waals surface area contributed by atoms with Gasteiger partial charge in [0.25, 0.3) is 0 Å². The van der Waals surface area contributed by atoms with Gasteiger partial charge in [-0.2, -0.15) is 0 Å². The summed E-state index contributed by atoms with van der Waals surface area (Å²) in [6.07, 6.45) is 12.5. The lowest BCUT2D eigenvalue weighted by molar-refractivity contribution is 0.0238. The van der Waals surface area contributed by atoms with Crippen LogP contribution in [0.1, 0.15) is 217 Å². The molecule has 0 radical (unpaired) electrons. The van der Waals surface area contributed by atoms with Crippen molar-refractivity contribution in [2.75, 3.05) is 118 Å². The minimum absolute atomic E-state index is 0.264. The molecule has 3 N–H and O–H groups in total. The van der Waals surface area contributed by atoms with Crippen molar-refractivity contribution >= 4 is 6.09 Å². The summed E-state index contributed by atoms with van der Waals surface area (Å²) in [5, 5.41) is 2.95. The molecule has 0 unspecified atom stereocenters. The van der Waals surface area contributed by atoms with Gasteiger partial charge in [0, 0.05) is 113 Å². The summed E-state index contributed by atoms with van der Waals surface area (Å²) in [6.45, 7) is 70.4. The molecule has 0 aromatic rings. The van der Waals surface area contributed by atoms with E-state index in [9.17, 15) is 4.79 Å². The topological polar surface area (TPSA) is 99.5 Å². The van der Waals surface area contributed by atoms with E-state index < -0.39 is 5.60 Å². The van der Waals surface area contributed by atoms with Crippen LogP contribution >= 0.6 is 0 Å². The lowest BCUT2D eigenvalue weighted by atomic mass is 9.98. The monoisotopic (exact) mass is 1110 g/mol. The van der Waals surface area contributed by atoms with E-state index in [1.165, 1.54) is 130 Å². The highest BCUT2D eigenvalue weighted by atomic mass is 16.6. The van der Waals surface area contributed by atoms with Crippen LogP contribution in [0, 0.1) is 17.8 Å². The Labute approximate surface area is 486 Å². The number of piperazine rings is 1. The van der Waals surface area contributed by atoms with Crippen molar-refractivity contribution in [3.63, 3.8) is 0 Å². The van der Waals surface area contributed by atoms with Crippen LogP contribution in [-0.2, 0) is 9.47 Å². The summed E-state index contributed by atoms with van der Waals surface area (Å²) in [5.74, 6) is 2.90. The fourth-order valence-electron chi connectivity index (χ4n) is 11.0. The van der Waals surface area contributed by atoms with E-state index in [4.69, 9.17) is 15.2 Å². The second kappa shape index (κ2) is 41.0. The van der Waals surface area contributed by atoms with Crippen molar-refractivity contribution < 1.29 is 14.3 Å². The van der Waals surface area contributed by atoms with Crippen molar-refractivity contribution in [1.82, 2.24) is 44.5 Å². The van der Waals surface area contributed by atoms with Gasteiger partial charge in [-0.3, -0.25) is 14.7 Å². The highest BCUT2D eigenvalue weighted by Gasteiger charge is 2.26. The molecular formula is C65H138N10O3. The zero-order chi connectivity index (χ0) is 59.1. The first-order chi connectivity index (χ1) is 36.5. The SMILES string of the molecule is CC(C)N1CCC(N)CC1.CC(C)N1CCC(NC(=O)OC(C)(C)C)CC1.CC(C)N1CCN(C(C)C)CC1.CC(C)N1CCOCC1.CC1CCN(C(C)C)CC1.CC1CCN(C(C)C)CC1.CC1CCN(C(C)C)CC1. The Bertz CT molecular complexity index is 1280. The van der Waals surface area contributed by atoms with Crippen LogP contribution in [0.2, 0.25) is 0 Å². The van der Waals surface area contributed by atoms with E-state index in [-0.39, 0.29) is 12.1 Å². The van der Waals surface area contributed by atoms with Crippen LogP contribution in [0.15, 0.2) is 0 Å². The Kier molecular flexibility index (Phi) is 39.3. The number of nitrogens with one attached hydrogen (secondary N) is 1. The number of alkyl carbamates (subject to hydrolysis) is 1. The molecule has 7 saturated heterocycles. The van der Waals surface area contributed by atoms with Crippen LogP contribution in [0.25, 0.3) is 0 Å². The number of nitrogens with zero attached hydrogens (tertiary/aromatic N) is 8. The number of piperidine rings is 5. The molecule has 466 valence electrons. The number of morpholine rings is 1. The van der Waals surface area contributed by atoms with Crippen LogP contribution in [0.3, 0.4) is 0 Å². The van der Waals surface area contributed by atoms with Crippen molar-refractivity contribution in [2.45, 2.75) is 283 Å². The van der Waals surface area contributed by atoms with Crippen LogP contribution in [-0.4, -0.2) is 229 Å². The van der Waals surface area contributed by atoms with E-state index in [1.807, 2.05) is 20.8 Å². The van der Waals surface area contributed by atoms with Gasteiger partial charge in [-0.05, 0) is 266 Å². The quantitative estimate of drug-likeness (QED) is 0.230. The summed E-state index contributed by atoms with van der Waals surface area (Å²) < 4.78 is 10.5. The van der Waals surface area contributed by atoms with E-state index in [2.05, 4.69) is 176 Å². The molecule has 0 atom stereocenters. The molecule has 1 amide bonds. The zero-order valence-corrected chi connectivity index (χ0v) is 56.2. The molecule has 7 aliphatic heterocycles. The van der Waals surface area contributed by atoms with Gasteiger partial charge in [0.2, 0.25) is 0 Å². The molecule has 0 bridgehead atoms. The van der Waals surface area contributed by atoms with Crippen LogP contribution < -0.4 is 11.1 Å². The Morgan fingerprint density at radius 3 is 0.833 bits per heavy atom. The number of amides is 1. The lowest BCUT2D eigenvalue weighted by Gasteiger charge is -2.38. The molecule has 78 heavy (non-hydrogen) atoms. The lowest BCUT2D eigenvalue weighted by Crippen LogP contribution is -2.50. The first-order valence-corrected chi connectivity index (χ1v) is 32.7. The van der Waals surface area contributed by atoms with Gasteiger partial charge in [-0.25, -0.2) is 4.79 Å². The number of hydrogen-bond acceptors (Lipinski definition) is 12. The standard InChI is InChI=1S/C13H26N2O2.C10H22N2.3C9H19N.C8H18N2.C7H15NO/c1-10(2)15-8-6-11(7-9-15)14-12(16)17-13(3,4)5;1-9(2)11-5-7-12(8-6-11)10(3)4;3*1-8(2)10-6-4-9(3)5-7-10;1-7(2)10-5-3-8(9)4-6-10;1-7(2)8-3-5-9-6-4-8/h10-11H,6-9H2,1-5H3,(H,14,16);9-10H,5-8H2,1-4H3;3*8-9H,4-7H2,1-3H3;7-8H,3-6,9H2,1-2H3;7H,3-6H2,1-2H3. The maximum atomic E-state index is 11.6. The van der Waals surface area contributed by atoms with Gasteiger partial charge < -0.3 is 45.0 Å². The van der Waals surface area contributed by atoms with Crippen LogP contribution in [0.4, 0.5) is 4.79 Å². The van der Waals surface area contributed by atoms with Gasteiger partial charge in [-0.1, -0.05) is 20.8 Å². The molecule has 13 nitrogen and oxygen atoms in total. The Balaban J connectivity index is 0.000000460. The summed E-state index contributed by atoms with van der Waals surface area (Å²) in [6, 6.07) is 6.43. The average Bonchev–Trinajstić information content (AvgIpc) is 3.38. The van der Waals surface area contributed by atoms with E-state index in [0.717, 1.165) is 100 Å². The summed E-state index contributed by atoms with van der Waals surface area (Å²) in [5.41, 5.74) is 5.36. The second-order valence-corrected chi connectivity index (χ2v) is 28.0. The molecule has 7 fully saturated rings. The minimum Gasteiger partial charge on any atom is -0.444 e. The normalized spacial score (nSPS) is 22.7. The summed E-state index contributed by atoms with van der Waals surface area (Å²) in [7, 11) is 0. The minimum atomic E-state index is -0.414. The molecular weight excluding hydrogens is 969 g/mol. The summed E-state index contributed by atoms with van der Waals surface area (Å²) in [4.78, 5) is 31.8. The molecule has 7 heterocycles. The van der Waals surface area contributed by atoms with Gasteiger partial charge in [0.05, 0.1) is 13.2 Å². The number of rotatable bonds is 9. The van der Waals surface area contributed by atoms with Crippen molar-refractivity contribution in [1.29, 1.82) is 0 Å². The van der Waals surface area contributed by atoms with Gasteiger partial charge in [0.1, 0.15) is 5.60 Å². The first-order valence-electron chi connectivity index (χ1n) is 32.7. The van der Waals surface area contributed by atoms with Crippen LogP contribution in [0.5, 0.6) is 0 Å². The van der Waals surface area contributed by atoms with Crippen molar-refractivity contribution in [2.24, 2.45) is 23.5 Å². The fraction of sp³-hybridized carbons (Fsp3) is 0.985. The maximum absolute atomic E-state index is 11.6. The largest absolute Gasteiger partial charge is 0.444 e. The molecule has 0 spiro atoms.